The highest BCUT2D eigenvalue weighted by Crippen LogP contribution is 2.27. The van der Waals surface area contributed by atoms with Crippen molar-refractivity contribution in [1.29, 1.82) is 0 Å². The lowest BCUT2D eigenvalue weighted by atomic mass is 10.0. The van der Waals surface area contributed by atoms with E-state index in [9.17, 15) is 24.5 Å². The topological polar surface area (TPSA) is 131 Å². The normalized spacial score (nSPS) is 10.5. The van der Waals surface area contributed by atoms with Gasteiger partial charge in [-0.1, -0.05) is 18.2 Å². The molecule has 3 amide bonds. The van der Waals surface area contributed by atoms with Gasteiger partial charge in [-0.2, -0.15) is 0 Å². The Labute approximate surface area is 193 Å². The highest BCUT2D eigenvalue weighted by molar-refractivity contribution is 6.15. The van der Waals surface area contributed by atoms with E-state index >= 15 is 0 Å². The Morgan fingerprint density at radius 1 is 0.912 bits per heavy atom. The van der Waals surface area contributed by atoms with E-state index in [1.165, 1.54) is 37.3 Å². The highest BCUT2D eigenvalue weighted by Gasteiger charge is 2.18. The number of anilines is 1. The Morgan fingerprint density at radius 2 is 1.62 bits per heavy atom. The number of non-ortho nitro benzene ring substituents is 1. The number of nitrogens with one attached hydrogen (secondary N) is 2. The number of Topliss-reactive ketones (excluding diaryl/α,β-unsaturated/α-hetero) is 1. The number of hydrogen-bond donors (Lipinski definition) is 2. The number of benzene rings is 3. The summed E-state index contributed by atoms with van der Waals surface area (Å²) < 4.78 is 0. The van der Waals surface area contributed by atoms with Crippen LogP contribution in [0.5, 0.6) is 0 Å². The number of para-hydroxylation sites is 1. The minimum absolute atomic E-state index is 0.0776. The van der Waals surface area contributed by atoms with Gasteiger partial charge in [0.15, 0.2) is 5.78 Å². The zero-order valence-corrected chi connectivity index (χ0v) is 17.9. The van der Waals surface area contributed by atoms with Gasteiger partial charge < -0.3 is 5.32 Å². The fourth-order valence-electron chi connectivity index (χ4n) is 3.39. The molecular formula is C25H18N4O5. The van der Waals surface area contributed by atoms with E-state index in [-0.39, 0.29) is 17.0 Å². The number of carbonyl (C=O) groups is 3. The molecule has 1 aromatic heterocycles. The smallest absolute Gasteiger partial charge is 0.308 e. The Hall–Kier alpha value is -4.92. The molecule has 0 atom stereocenters. The minimum atomic E-state index is -0.722. The summed E-state index contributed by atoms with van der Waals surface area (Å²) in [5.74, 6) is -0.876. The molecule has 0 aliphatic rings. The van der Waals surface area contributed by atoms with Crippen molar-refractivity contribution in [3.8, 4) is 11.3 Å². The first kappa shape index (κ1) is 22.3. The third-order valence-corrected chi connectivity index (χ3v) is 5.09. The quantitative estimate of drug-likeness (QED) is 0.248. The fraction of sp³-hybridized carbons (Fsp3) is 0.0400. The molecule has 4 aromatic rings. The Kier molecular flexibility index (Phi) is 6.09. The van der Waals surface area contributed by atoms with Crippen molar-refractivity contribution in [2.24, 2.45) is 0 Å². The number of imide groups is 1. The van der Waals surface area contributed by atoms with E-state index in [4.69, 9.17) is 0 Å². The van der Waals surface area contributed by atoms with E-state index < -0.39 is 16.9 Å². The lowest BCUT2D eigenvalue weighted by Crippen LogP contribution is -2.34. The number of fused-ring (bicyclic) bond motifs is 1. The van der Waals surface area contributed by atoms with Gasteiger partial charge in [0.2, 0.25) is 0 Å². The predicted molar refractivity (Wildman–Crippen MR) is 127 cm³/mol. The van der Waals surface area contributed by atoms with Crippen LogP contribution in [0, 0.1) is 10.1 Å². The van der Waals surface area contributed by atoms with Crippen LogP contribution in [0.1, 0.15) is 27.6 Å². The molecule has 4 rings (SSSR count). The molecule has 34 heavy (non-hydrogen) atoms. The van der Waals surface area contributed by atoms with Crippen molar-refractivity contribution in [3.63, 3.8) is 0 Å². The van der Waals surface area contributed by atoms with Gasteiger partial charge in [-0.25, -0.2) is 9.78 Å². The molecule has 2 N–H and O–H groups in total. The Bertz CT molecular complexity index is 1430. The van der Waals surface area contributed by atoms with E-state index in [2.05, 4.69) is 15.6 Å². The average Bonchev–Trinajstić information content (AvgIpc) is 2.83. The van der Waals surface area contributed by atoms with E-state index in [1.807, 2.05) is 0 Å². The van der Waals surface area contributed by atoms with Crippen LogP contribution in [-0.2, 0) is 0 Å². The molecule has 0 bridgehead atoms. The lowest BCUT2D eigenvalue weighted by Gasteiger charge is -2.12. The summed E-state index contributed by atoms with van der Waals surface area (Å²) in [5, 5.41) is 16.2. The maximum Gasteiger partial charge on any atom is 0.326 e. The van der Waals surface area contributed by atoms with Gasteiger partial charge >= 0.3 is 6.03 Å². The maximum atomic E-state index is 13.1. The molecule has 0 spiro atoms. The molecule has 0 radical (unpaired) electrons. The number of rotatable bonds is 5. The van der Waals surface area contributed by atoms with Crippen molar-refractivity contribution >= 4 is 40.0 Å². The van der Waals surface area contributed by atoms with Gasteiger partial charge in [-0.3, -0.25) is 25.0 Å². The summed E-state index contributed by atoms with van der Waals surface area (Å²) in [4.78, 5) is 52.4. The van der Waals surface area contributed by atoms with Crippen LogP contribution in [0.2, 0.25) is 0 Å². The van der Waals surface area contributed by atoms with Crippen molar-refractivity contribution in [3.05, 3.63) is 100 Å². The standard InChI is InChI=1S/C25H18N4O5/c1-15(30)17-9-12-22-20(13-17)21(24(31)28-25(32)26-18-5-3-2-4-6-18)14-23(27-22)16-7-10-19(11-8-16)29(33)34/h2-14H,1H3,(H2,26,28,31,32). The number of pyridine rings is 1. The molecule has 168 valence electrons. The van der Waals surface area contributed by atoms with Gasteiger partial charge in [-0.15, -0.1) is 0 Å². The van der Waals surface area contributed by atoms with Crippen LogP contribution in [0.15, 0.2) is 78.9 Å². The van der Waals surface area contributed by atoms with Gasteiger partial charge in [0.1, 0.15) is 0 Å². The first-order chi connectivity index (χ1) is 16.3. The van der Waals surface area contributed by atoms with Crippen LogP contribution in [0.3, 0.4) is 0 Å². The highest BCUT2D eigenvalue weighted by atomic mass is 16.6. The van der Waals surface area contributed by atoms with Gasteiger partial charge in [-0.05, 0) is 55.5 Å². The third-order valence-electron chi connectivity index (χ3n) is 5.09. The third kappa shape index (κ3) is 4.78. The SMILES string of the molecule is CC(=O)c1ccc2nc(-c3ccc([N+](=O)[O-])cc3)cc(C(=O)NC(=O)Nc3ccccc3)c2c1. The molecule has 9 nitrogen and oxygen atoms in total. The first-order valence-corrected chi connectivity index (χ1v) is 10.2. The van der Waals surface area contributed by atoms with Crippen LogP contribution in [0.25, 0.3) is 22.2 Å². The number of urea groups is 1. The summed E-state index contributed by atoms with van der Waals surface area (Å²) in [5.41, 5.74) is 2.31. The minimum Gasteiger partial charge on any atom is -0.308 e. The van der Waals surface area contributed by atoms with Crippen LogP contribution in [0.4, 0.5) is 16.2 Å². The Morgan fingerprint density at radius 3 is 2.26 bits per heavy atom. The molecule has 0 fully saturated rings. The summed E-state index contributed by atoms with van der Waals surface area (Å²) in [6, 6.07) is 19.9. The fourth-order valence-corrected chi connectivity index (χ4v) is 3.39. The second-order valence-electron chi connectivity index (χ2n) is 7.42. The van der Waals surface area contributed by atoms with Crippen molar-refractivity contribution in [1.82, 2.24) is 10.3 Å². The van der Waals surface area contributed by atoms with E-state index in [0.29, 0.717) is 33.4 Å². The van der Waals surface area contributed by atoms with Crippen molar-refractivity contribution in [2.75, 3.05) is 5.32 Å². The monoisotopic (exact) mass is 454 g/mol. The average molecular weight is 454 g/mol. The van der Waals surface area contributed by atoms with Gasteiger partial charge in [0.25, 0.3) is 11.6 Å². The number of nitro groups is 1. The van der Waals surface area contributed by atoms with Crippen LogP contribution in [-0.4, -0.2) is 27.6 Å². The van der Waals surface area contributed by atoms with E-state index in [1.54, 1.807) is 48.5 Å². The Balaban J connectivity index is 1.74. The van der Waals surface area contributed by atoms with Crippen LogP contribution >= 0.6 is 0 Å². The number of ketones is 1. The lowest BCUT2D eigenvalue weighted by molar-refractivity contribution is -0.384. The van der Waals surface area contributed by atoms with Gasteiger partial charge in [0, 0.05) is 34.3 Å². The van der Waals surface area contributed by atoms with Crippen LogP contribution < -0.4 is 10.6 Å². The molecular weight excluding hydrogens is 436 g/mol. The summed E-state index contributed by atoms with van der Waals surface area (Å²) in [7, 11) is 0. The molecule has 0 unspecified atom stereocenters. The number of amides is 3. The number of carbonyl (C=O) groups excluding carboxylic acids is 3. The summed E-state index contributed by atoms with van der Waals surface area (Å²) in [6.07, 6.45) is 0. The first-order valence-electron chi connectivity index (χ1n) is 10.2. The van der Waals surface area contributed by atoms with Gasteiger partial charge in [0.05, 0.1) is 21.7 Å². The number of hydrogen-bond acceptors (Lipinski definition) is 6. The molecule has 1 heterocycles. The van der Waals surface area contributed by atoms with Crippen molar-refractivity contribution in [2.45, 2.75) is 6.92 Å². The molecule has 9 heteroatoms. The molecule has 0 saturated carbocycles. The molecule has 0 aliphatic carbocycles. The zero-order chi connectivity index (χ0) is 24.2. The van der Waals surface area contributed by atoms with E-state index in [0.717, 1.165) is 0 Å². The van der Waals surface area contributed by atoms with Crippen molar-refractivity contribution < 1.29 is 19.3 Å². The maximum absolute atomic E-state index is 13.1. The number of aromatic nitrogens is 1. The molecule has 3 aromatic carbocycles. The summed E-state index contributed by atoms with van der Waals surface area (Å²) >= 11 is 0. The molecule has 0 aliphatic heterocycles. The molecule has 0 saturated heterocycles. The number of nitro benzene ring substituents is 1. The zero-order valence-electron chi connectivity index (χ0n) is 17.9. The largest absolute Gasteiger partial charge is 0.326 e. The second kappa shape index (κ2) is 9.29. The predicted octanol–water partition coefficient (Wildman–Crippen LogP) is 4.97. The second-order valence-corrected chi connectivity index (χ2v) is 7.42. The number of nitrogens with zero attached hydrogens (tertiary/aromatic N) is 2. The summed E-state index contributed by atoms with van der Waals surface area (Å²) in [6.45, 7) is 1.41.